The molecule has 0 spiro atoms. The molecule has 0 fully saturated rings. The molecule has 0 saturated heterocycles. The third-order valence-electron chi connectivity index (χ3n) is 2.65. The molecule has 2 aromatic heterocycles. The molecule has 2 aromatic rings. The van der Waals surface area contributed by atoms with Crippen molar-refractivity contribution in [3.8, 4) is 0 Å². The molecule has 0 atom stereocenters. The van der Waals surface area contributed by atoms with E-state index >= 15 is 0 Å². The number of anilines is 2. The topological polar surface area (TPSA) is 92.7 Å². The fourth-order valence-corrected chi connectivity index (χ4v) is 1.47. The first-order chi connectivity index (χ1) is 9.11. The van der Waals surface area contributed by atoms with Crippen molar-refractivity contribution in [3.05, 3.63) is 35.4 Å². The Labute approximate surface area is 110 Å². The summed E-state index contributed by atoms with van der Waals surface area (Å²) in [5.74, 6) is -0.151. The lowest BCUT2D eigenvalue weighted by Crippen LogP contribution is -2.17. The summed E-state index contributed by atoms with van der Waals surface area (Å²) < 4.78 is 0. The second-order valence-electron chi connectivity index (χ2n) is 3.93. The molecule has 7 heteroatoms. The van der Waals surface area contributed by atoms with Crippen molar-refractivity contribution in [2.75, 3.05) is 17.7 Å². The SMILES string of the molecule is CNc1ccncc1C(=O)Nc1nnc(C)c(C)n1. The number of aryl methyl sites for hydroxylation is 2. The van der Waals surface area contributed by atoms with E-state index in [0.717, 1.165) is 11.4 Å². The Kier molecular flexibility index (Phi) is 3.65. The van der Waals surface area contributed by atoms with E-state index < -0.39 is 0 Å². The van der Waals surface area contributed by atoms with Gasteiger partial charge in [-0.1, -0.05) is 0 Å². The maximum absolute atomic E-state index is 12.1. The van der Waals surface area contributed by atoms with Gasteiger partial charge in [-0.3, -0.25) is 15.1 Å². The van der Waals surface area contributed by atoms with Crippen LogP contribution in [0.5, 0.6) is 0 Å². The van der Waals surface area contributed by atoms with E-state index in [9.17, 15) is 4.79 Å². The van der Waals surface area contributed by atoms with E-state index in [2.05, 4.69) is 30.8 Å². The summed E-state index contributed by atoms with van der Waals surface area (Å²) in [7, 11) is 1.74. The number of hydrogen-bond donors (Lipinski definition) is 2. The predicted octanol–water partition coefficient (Wildman–Crippen LogP) is 1.18. The minimum Gasteiger partial charge on any atom is -0.387 e. The van der Waals surface area contributed by atoms with Gasteiger partial charge in [-0.15, -0.1) is 5.10 Å². The van der Waals surface area contributed by atoms with Gasteiger partial charge in [0, 0.05) is 25.1 Å². The Hall–Kier alpha value is -2.57. The molecule has 0 aromatic carbocycles. The summed E-state index contributed by atoms with van der Waals surface area (Å²) in [4.78, 5) is 20.2. The van der Waals surface area contributed by atoms with Crippen molar-refractivity contribution in [2.45, 2.75) is 13.8 Å². The average Bonchev–Trinajstić information content (AvgIpc) is 2.43. The smallest absolute Gasteiger partial charge is 0.261 e. The van der Waals surface area contributed by atoms with Crippen LogP contribution in [-0.2, 0) is 0 Å². The summed E-state index contributed by atoms with van der Waals surface area (Å²) in [6, 6.07) is 1.72. The Morgan fingerprint density at radius 1 is 1.21 bits per heavy atom. The minimum atomic E-state index is -0.331. The molecular weight excluding hydrogens is 244 g/mol. The van der Waals surface area contributed by atoms with E-state index in [1.165, 1.54) is 6.20 Å². The number of nitrogens with one attached hydrogen (secondary N) is 2. The van der Waals surface area contributed by atoms with Crippen LogP contribution in [0, 0.1) is 13.8 Å². The van der Waals surface area contributed by atoms with Crippen molar-refractivity contribution >= 4 is 17.5 Å². The van der Waals surface area contributed by atoms with Gasteiger partial charge in [0.05, 0.1) is 17.0 Å². The van der Waals surface area contributed by atoms with Gasteiger partial charge in [0.15, 0.2) is 0 Å². The molecule has 0 aliphatic heterocycles. The monoisotopic (exact) mass is 258 g/mol. The molecule has 2 heterocycles. The molecule has 1 amide bonds. The fourth-order valence-electron chi connectivity index (χ4n) is 1.47. The third-order valence-corrected chi connectivity index (χ3v) is 2.65. The molecule has 2 N–H and O–H groups in total. The van der Waals surface area contributed by atoms with Gasteiger partial charge >= 0.3 is 0 Å². The van der Waals surface area contributed by atoms with E-state index in [-0.39, 0.29) is 11.9 Å². The Balaban J connectivity index is 2.23. The lowest BCUT2D eigenvalue weighted by molar-refractivity contribution is 0.102. The van der Waals surface area contributed by atoms with Gasteiger partial charge < -0.3 is 5.32 Å². The first-order valence-electron chi connectivity index (χ1n) is 5.73. The van der Waals surface area contributed by atoms with Crippen LogP contribution >= 0.6 is 0 Å². The number of hydrogen-bond acceptors (Lipinski definition) is 6. The molecule has 0 aliphatic rings. The summed E-state index contributed by atoms with van der Waals surface area (Å²) in [5, 5.41) is 13.3. The molecule has 98 valence electrons. The molecule has 19 heavy (non-hydrogen) atoms. The molecule has 2 rings (SSSR count). The lowest BCUT2D eigenvalue weighted by Gasteiger charge is -2.08. The van der Waals surface area contributed by atoms with Crippen LogP contribution in [0.1, 0.15) is 21.7 Å². The zero-order valence-corrected chi connectivity index (χ0v) is 10.9. The number of pyridine rings is 1. The van der Waals surface area contributed by atoms with E-state index in [1.54, 1.807) is 26.2 Å². The summed E-state index contributed by atoms with van der Waals surface area (Å²) in [6.45, 7) is 3.62. The number of carbonyl (C=O) groups is 1. The number of amides is 1. The molecule has 0 bridgehead atoms. The Bertz CT molecular complexity index is 613. The first kappa shape index (κ1) is 12.9. The highest BCUT2D eigenvalue weighted by Crippen LogP contribution is 2.14. The maximum atomic E-state index is 12.1. The van der Waals surface area contributed by atoms with Gasteiger partial charge in [0.1, 0.15) is 0 Å². The minimum absolute atomic E-state index is 0.180. The van der Waals surface area contributed by atoms with Crippen LogP contribution in [0.4, 0.5) is 11.6 Å². The van der Waals surface area contributed by atoms with Crippen LogP contribution in [-0.4, -0.2) is 33.1 Å². The van der Waals surface area contributed by atoms with Gasteiger partial charge in [0.25, 0.3) is 5.91 Å². The molecular formula is C12H14N6O. The van der Waals surface area contributed by atoms with E-state index in [1.807, 2.05) is 6.92 Å². The molecule has 7 nitrogen and oxygen atoms in total. The Morgan fingerprint density at radius 3 is 2.68 bits per heavy atom. The number of aromatic nitrogens is 4. The van der Waals surface area contributed by atoms with Crippen LogP contribution in [0.2, 0.25) is 0 Å². The largest absolute Gasteiger partial charge is 0.387 e. The Morgan fingerprint density at radius 2 is 2.00 bits per heavy atom. The van der Waals surface area contributed by atoms with Crippen molar-refractivity contribution in [3.63, 3.8) is 0 Å². The number of nitrogens with zero attached hydrogens (tertiary/aromatic N) is 4. The standard InChI is InChI=1S/C12H14N6O/c1-7-8(2)17-18-12(15-7)16-11(19)9-6-14-5-4-10(9)13-3/h4-6H,1-3H3,(H,13,14)(H,15,16,18,19). The maximum Gasteiger partial charge on any atom is 0.261 e. The van der Waals surface area contributed by atoms with Crippen molar-refractivity contribution in [1.82, 2.24) is 20.2 Å². The summed E-state index contributed by atoms with van der Waals surface area (Å²) in [5.41, 5.74) is 2.57. The van der Waals surface area contributed by atoms with Crippen LogP contribution in [0.15, 0.2) is 18.5 Å². The average molecular weight is 258 g/mol. The zero-order chi connectivity index (χ0) is 13.8. The van der Waals surface area contributed by atoms with Crippen molar-refractivity contribution < 1.29 is 4.79 Å². The van der Waals surface area contributed by atoms with Crippen LogP contribution < -0.4 is 10.6 Å². The summed E-state index contributed by atoms with van der Waals surface area (Å²) in [6.07, 6.45) is 3.09. The highest BCUT2D eigenvalue weighted by molar-refractivity contribution is 6.06. The molecule has 0 saturated carbocycles. The van der Waals surface area contributed by atoms with Gasteiger partial charge in [-0.2, -0.15) is 5.10 Å². The lowest BCUT2D eigenvalue weighted by atomic mass is 10.2. The third kappa shape index (κ3) is 2.82. The second-order valence-corrected chi connectivity index (χ2v) is 3.93. The molecule has 0 unspecified atom stereocenters. The normalized spacial score (nSPS) is 10.1. The first-order valence-corrected chi connectivity index (χ1v) is 5.73. The molecule has 0 radical (unpaired) electrons. The van der Waals surface area contributed by atoms with Crippen molar-refractivity contribution in [1.29, 1.82) is 0 Å². The highest BCUT2D eigenvalue weighted by atomic mass is 16.1. The quantitative estimate of drug-likeness (QED) is 0.858. The second kappa shape index (κ2) is 5.38. The van der Waals surface area contributed by atoms with Gasteiger partial charge in [-0.05, 0) is 19.9 Å². The summed E-state index contributed by atoms with van der Waals surface area (Å²) >= 11 is 0. The van der Waals surface area contributed by atoms with Crippen LogP contribution in [0.25, 0.3) is 0 Å². The number of carbonyl (C=O) groups excluding carboxylic acids is 1. The van der Waals surface area contributed by atoms with E-state index in [4.69, 9.17) is 0 Å². The van der Waals surface area contributed by atoms with Crippen LogP contribution in [0.3, 0.4) is 0 Å². The van der Waals surface area contributed by atoms with Gasteiger partial charge in [-0.25, -0.2) is 4.98 Å². The van der Waals surface area contributed by atoms with Crippen molar-refractivity contribution in [2.24, 2.45) is 0 Å². The fraction of sp³-hybridized carbons (Fsp3) is 0.250. The predicted molar refractivity (Wildman–Crippen MR) is 71.0 cm³/mol. The zero-order valence-electron chi connectivity index (χ0n) is 10.9. The highest BCUT2D eigenvalue weighted by Gasteiger charge is 2.13. The number of rotatable bonds is 3. The van der Waals surface area contributed by atoms with Gasteiger partial charge in [0.2, 0.25) is 5.95 Å². The van der Waals surface area contributed by atoms with E-state index in [0.29, 0.717) is 11.3 Å². The molecule has 0 aliphatic carbocycles.